The predicted octanol–water partition coefficient (Wildman–Crippen LogP) is 3.03. The number of nitrogens with zero attached hydrogens (tertiary/aromatic N) is 1. The number of carbonyl (C=O) groups excluding carboxylic acids is 2. The van der Waals surface area contributed by atoms with Crippen molar-refractivity contribution in [1.29, 1.82) is 0 Å². The molecule has 0 atom stereocenters. The number of nitrogens with one attached hydrogen (secondary N) is 2. The Balaban J connectivity index is 1.73. The van der Waals surface area contributed by atoms with E-state index in [4.69, 9.17) is 9.47 Å². The summed E-state index contributed by atoms with van der Waals surface area (Å²) in [6.45, 7) is 1.15. The van der Waals surface area contributed by atoms with Crippen molar-refractivity contribution in [1.82, 2.24) is 10.9 Å². The summed E-state index contributed by atoms with van der Waals surface area (Å²) in [5.74, 6) is -0.359. The third-order valence-corrected chi connectivity index (χ3v) is 4.35. The molecule has 2 rings (SSSR count). The largest absolute Gasteiger partial charge is 0.484 e. The molecule has 0 aliphatic rings. The van der Waals surface area contributed by atoms with Gasteiger partial charge in [-0.25, -0.2) is 0 Å². The van der Waals surface area contributed by atoms with Gasteiger partial charge in [0.15, 0.2) is 13.2 Å². The van der Waals surface area contributed by atoms with Crippen LogP contribution in [0.2, 0.25) is 0 Å². The van der Waals surface area contributed by atoms with Gasteiger partial charge in [-0.05, 0) is 52.7 Å². The number of benzene rings is 2. The molecule has 0 aromatic heterocycles. The number of non-ortho nitro benzene ring substituents is 1. The van der Waals surface area contributed by atoms with Crippen LogP contribution in [0.25, 0.3) is 0 Å². The monoisotopic (exact) mass is 515 g/mol. The molecule has 0 aliphatic carbocycles. The molecule has 0 bridgehead atoms. The van der Waals surface area contributed by atoms with Crippen LogP contribution in [0.1, 0.15) is 5.56 Å². The third kappa shape index (κ3) is 6.50. The molecular formula is C17H15Br2N3O6. The summed E-state index contributed by atoms with van der Waals surface area (Å²) in [7, 11) is 0. The number of aryl methyl sites for hydroxylation is 1. The van der Waals surface area contributed by atoms with Gasteiger partial charge in [-0.2, -0.15) is 0 Å². The molecule has 2 amide bonds. The Morgan fingerprint density at radius 1 is 1.04 bits per heavy atom. The standard InChI is InChI=1S/C17H15Br2N3O6/c1-10-6-11(18)7-14(19)17(10)28-9-16(24)21-20-15(23)8-27-13-4-2-12(3-5-13)22(25)26/h2-7H,8-9H2,1H3,(H,20,23)(H,21,24). The second-order valence-corrected chi connectivity index (χ2v) is 7.23. The molecule has 0 unspecified atom stereocenters. The van der Waals surface area contributed by atoms with Gasteiger partial charge >= 0.3 is 0 Å². The molecule has 0 saturated carbocycles. The predicted molar refractivity (Wildman–Crippen MR) is 107 cm³/mol. The first-order valence-electron chi connectivity index (χ1n) is 7.79. The number of nitro groups is 1. The van der Waals surface area contributed by atoms with E-state index < -0.39 is 16.7 Å². The first-order valence-corrected chi connectivity index (χ1v) is 9.38. The molecule has 11 heteroatoms. The lowest BCUT2D eigenvalue weighted by Gasteiger charge is -2.12. The highest BCUT2D eigenvalue weighted by molar-refractivity contribution is 9.11. The zero-order chi connectivity index (χ0) is 20.7. The minimum atomic E-state index is -0.604. The molecule has 0 radical (unpaired) electrons. The average Bonchev–Trinajstić information content (AvgIpc) is 2.64. The molecule has 0 fully saturated rings. The summed E-state index contributed by atoms with van der Waals surface area (Å²) in [6, 6.07) is 8.89. The number of halogens is 2. The number of amides is 2. The first-order chi connectivity index (χ1) is 13.3. The van der Waals surface area contributed by atoms with Gasteiger partial charge in [0, 0.05) is 16.6 Å². The number of hydrogen-bond acceptors (Lipinski definition) is 6. The van der Waals surface area contributed by atoms with Crippen molar-refractivity contribution in [2.75, 3.05) is 13.2 Å². The molecular weight excluding hydrogens is 502 g/mol. The van der Waals surface area contributed by atoms with Crippen LogP contribution < -0.4 is 20.3 Å². The number of ether oxygens (including phenoxy) is 2. The smallest absolute Gasteiger partial charge is 0.276 e. The lowest BCUT2D eigenvalue weighted by Crippen LogP contribution is -2.45. The number of nitro benzene ring substituents is 1. The zero-order valence-corrected chi connectivity index (χ0v) is 17.7. The third-order valence-electron chi connectivity index (χ3n) is 3.30. The van der Waals surface area contributed by atoms with Gasteiger partial charge in [0.25, 0.3) is 17.5 Å². The van der Waals surface area contributed by atoms with Gasteiger partial charge in [-0.3, -0.25) is 30.6 Å². The van der Waals surface area contributed by atoms with Gasteiger partial charge in [0.1, 0.15) is 11.5 Å². The Morgan fingerprint density at radius 2 is 1.61 bits per heavy atom. The van der Waals surface area contributed by atoms with Gasteiger partial charge in [0.2, 0.25) is 0 Å². The number of carbonyl (C=O) groups is 2. The minimum Gasteiger partial charge on any atom is -0.484 e. The zero-order valence-electron chi connectivity index (χ0n) is 14.5. The Morgan fingerprint density at radius 3 is 2.14 bits per heavy atom. The summed E-state index contributed by atoms with van der Waals surface area (Å²) in [5, 5.41) is 10.6. The van der Waals surface area contributed by atoms with E-state index in [2.05, 4.69) is 42.7 Å². The molecule has 148 valence electrons. The van der Waals surface area contributed by atoms with Crippen LogP contribution >= 0.6 is 31.9 Å². The molecule has 28 heavy (non-hydrogen) atoms. The van der Waals surface area contributed by atoms with Crippen LogP contribution in [0, 0.1) is 17.0 Å². The van der Waals surface area contributed by atoms with E-state index >= 15 is 0 Å². The second-order valence-electron chi connectivity index (χ2n) is 5.46. The number of hydrazine groups is 1. The van der Waals surface area contributed by atoms with E-state index in [1.807, 2.05) is 13.0 Å². The topological polar surface area (TPSA) is 120 Å². The van der Waals surface area contributed by atoms with Crippen molar-refractivity contribution in [3.05, 3.63) is 61.0 Å². The Bertz CT molecular complexity index is 866. The molecule has 2 N–H and O–H groups in total. The number of rotatable bonds is 7. The molecule has 0 heterocycles. The molecule has 2 aromatic carbocycles. The van der Waals surface area contributed by atoms with E-state index in [0.29, 0.717) is 10.2 Å². The quantitative estimate of drug-likeness (QED) is 0.431. The summed E-state index contributed by atoms with van der Waals surface area (Å²) >= 11 is 6.71. The first kappa shape index (κ1) is 21.6. The van der Waals surface area contributed by atoms with Crippen LogP contribution in [0.3, 0.4) is 0 Å². The summed E-state index contributed by atoms with van der Waals surface area (Å²) < 4.78 is 12.2. The SMILES string of the molecule is Cc1cc(Br)cc(Br)c1OCC(=O)NNC(=O)COc1ccc([N+](=O)[O-])cc1. The van der Waals surface area contributed by atoms with Gasteiger partial charge < -0.3 is 9.47 Å². The highest BCUT2D eigenvalue weighted by Gasteiger charge is 2.11. The van der Waals surface area contributed by atoms with Crippen LogP contribution in [0.15, 0.2) is 45.3 Å². The van der Waals surface area contributed by atoms with Gasteiger partial charge in [-0.15, -0.1) is 0 Å². The van der Waals surface area contributed by atoms with Crippen LogP contribution in [-0.2, 0) is 9.59 Å². The summed E-state index contributed by atoms with van der Waals surface area (Å²) in [5.41, 5.74) is 5.13. The average molecular weight is 517 g/mol. The fraction of sp³-hybridized carbons (Fsp3) is 0.176. The Hall–Kier alpha value is -2.66. The lowest BCUT2D eigenvalue weighted by molar-refractivity contribution is -0.384. The minimum absolute atomic E-state index is 0.0864. The van der Waals surface area contributed by atoms with Crippen molar-refractivity contribution in [3.63, 3.8) is 0 Å². The van der Waals surface area contributed by atoms with Crippen LogP contribution in [0.5, 0.6) is 11.5 Å². The van der Waals surface area contributed by atoms with E-state index in [1.54, 1.807) is 6.07 Å². The van der Waals surface area contributed by atoms with Crippen molar-refractivity contribution < 1.29 is 24.0 Å². The number of hydrogen-bond donors (Lipinski definition) is 2. The lowest BCUT2D eigenvalue weighted by atomic mass is 10.2. The van der Waals surface area contributed by atoms with E-state index in [1.165, 1.54) is 24.3 Å². The van der Waals surface area contributed by atoms with Crippen molar-refractivity contribution in [2.45, 2.75) is 6.92 Å². The molecule has 0 saturated heterocycles. The fourth-order valence-corrected chi connectivity index (χ4v) is 3.59. The van der Waals surface area contributed by atoms with Crippen molar-refractivity contribution in [3.8, 4) is 11.5 Å². The van der Waals surface area contributed by atoms with Crippen LogP contribution in [-0.4, -0.2) is 30.0 Å². The molecule has 2 aromatic rings. The molecule has 9 nitrogen and oxygen atoms in total. The van der Waals surface area contributed by atoms with Crippen molar-refractivity contribution >= 4 is 49.4 Å². The second kappa shape index (κ2) is 10.0. The Labute approximate surface area is 176 Å². The summed E-state index contributed by atoms with van der Waals surface area (Å²) in [6.07, 6.45) is 0. The Kier molecular flexibility index (Phi) is 7.76. The maximum atomic E-state index is 11.8. The van der Waals surface area contributed by atoms with Crippen LogP contribution in [0.4, 0.5) is 5.69 Å². The maximum Gasteiger partial charge on any atom is 0.276 e. The fourth-order valence-electron chi connectivity index (χ4n) is 2.03. The summed E-state index contributed by atoms with van der Waals surface area (Å²) in [4.78, 5) is 33.5. The molecule has 0 spiro atoms. The van der Waals surface area contributed by atoms with E-state index in [0.717, 1.165) is 10.0 Å². The van der Waals surface area contributed by atoms with Crippen molar-refractivity contribution in [2.24, 2.45) is 0 Å². The van der Waals surface area contributed by atoms with E-state index in [9.17, 15) is 19.7 Å². The van der Waals surface area contributed by atoms with Gasteiger partial charge in [-0.1, -0.05) is 15.9 Å². The highest BCUT2D eigenvalue weighted by Crippen LogP contribution is 2.32. The molecule has 0 aliphatic heterocycles. The van der Waals surface area contributed by atoms with Gasteiger partial charge in [0.05, 0.1) is 9.40 Å². The highest BCUT2D eigenvalue weighted by atomic mass is 79.9. The van der Waals surface area contributed by atoms with E-state index in [-0.39, 0.29) is 24.7 Å². The maximum absolute atomic E-state index is 11.8. The normalized spacial score (nSPS) is 10.1.